The van der Waals surface area contributed by atoms with Crippen LogP contribution in [0, 0.1) is 17.6 Å². The van der Waals surface area contributed by atoms with E-state index < -0.39 is 26.6 Å². The highest BCUT2D eigenvalue weighted by Crippen LogP contribution is 2.18. The summed E-state index contributed by atoms with van der Waals surface area (Å²) in [5, 5.41) is 3.09. The fourth-order valence-electron chi connectivity index (χ4n) is 1.93. The fourth-order valence-corrected chi connectivity index (χ4v) is 3.18. The van der Waals surface area contributed by atoms with Crippen LogP contribution in [0.15, 0.2) is 23.1 Å². The van der Waals surface area contributed by atoms with E-state index in [1.54, 1.807) is 0 Å². The molecule has 1 aliphatic heterocycles. The molecule has 0 aromatic heterocycles. The van der Waals surface area contributed by atoms with Crippen LogP contribution in [-0.2, 0) is 10.0 Å². The van der Waals surface area contributed by atoms with E-state index in [1.807, 2.05) is 0 Å². The maximum Gasteiger partial charge on any atom is 0.246 e. The molecule has 0 spiro atoms. The van der Waals surface area contributed by atoms with Gasteiger partial charge in [0, 0.05) is 6.54 Å². The Morgan fingerprint density at radius 3 is 2.56 bits per heavy atom. The van der Waals surface area contributed by atoms with Gasteiger partial charge in [0.2, 0.25) is 10.0 Å². The minimum absolute atomic E-state index is 0.162. The molecule has 0 aliphatic carbocycles. The van der Waals surface area contributed by atoms with Crippen LogP contribution in [0.2, 0.25) is 0 Å². The number of halogens is 2. The average molecular weight is 276 g/mol. The van der Waals surface area contributed by atoms with Gasteiger partial charge in [-0.05, 0) is 37.6 Å². The molecule has 1 atom stereocenters. The summed E-state index contributed by atoms with van der Waals surface area (Å²) in [5.74, 6) is -1.99. The lowest BCUT2D eigenvalue weighted by Crippen LogP contribution is -2.31. The van der Waals surface area contributed by atoms with E-state index in [1.165, 1.54) is 0 Å². The largest absolute Gasteiger partial charge is 0.316 e. The third-order valence-electron chi connectivity index (χ3n) is 2.91. The van der Waals surface area contributed by atoms with Gasteiger partial charge in [-0.25, -0.2) is 21.9 Å². The number of rotatable bonds is 4. The maximum atomic E-state index is 13.4. The molecular weight excluding hydrogens is 262 g/mol. The molecule has 1 aromatic rings. The quantitative estimate of drug-likeness (QED) is 0.857. The number of sulfonamides is 1. The van der Waals surface area contributed by atoms with Crippen molar-refractivity contribution in [3.8, 4) is 0 Å². The summed E-state index contributed by atoms with van der Waals surface area (Å²) in [6.07, 6.45) is 0.849. The standard InChI is InChI=1S/C11H14F2N2O2S/c12-9-2-1-3-10(13)11(9)18(16,17)15-7-8-4-5-14-6-8/h1-3,8,14-15H,4-7H2. The lowest BCUT2D eigenvalue weighted by atomic mass is 10.1. The Labute approximate surface area is 104 Å². The van der Waals surface area contributed by atoms with E-state index in [0.717, 1.165) is 31.2 Å². The highest BCUT2D eigenvalue weighted by Gasteiger charge is 2.25. The van der Waals surface area contributed by atoms with Crippen LogP contribution in [0.1, 0.15) is 6.42 Å². The number of benzene rings is 1. The molecule has 0 amide bonds. The van der Waals surface area contributed by atoms with Gasteiger partial charge in [0.15, 0.2) is 4.90 Å². The Kier molecular flexibility index (Phi) is 3.94. The monoisotopic (exact) mass is 276 g/mol. The van der Waals surface area contributed by atoms with Gasteiger partial charge >= 0.3 is 0 Å². The summed E-state index contributed by atoms with van der Waals surface area (Å²) >= 11 is 0. The van der Waals surface area contributed by atoms with Crippen LogP contribution >= 0.6 is 0 Å². The number of hydrogen-bond donors (Lipinski definition) is 2. The first-order valence-electron chi connectivity index (χ1n) is 5.65. The zero-order valence-electron chi connectivity index (χ0n) is 9.62. The van der Waals surface area contributed by atoms with Crippen molar-refractivity contribution in [1.82, 2.24) is 10.0 Å². The van der Waals surface area contributed by atoms with Gasteiger partial charge in [-0.3, -0.25) is 0 Å². The molecule has 18 heavy (non-hydrogen) atoms. The van der Waals surface area contributed by atoms with Gasteiger partial charge in [-0.15, -0.1) is 0 Å². The van der Waals surface area contributed by atoms with Crippen molar-refractivity contribution in [2.45, 2.75) is 11.3 Å². The molecule has 1 heterocycles. The lowest BCUT2D eigenvalue weighted by Gasteiger charge is -2.11. The maximum absolute atomic E-state index is 13.4. The van der Waals surface area contributed by atoms with Gasteiger partial charge < -0.3 is 5.32 Å². The zero-order valence-corrected chi connectivity index (χ0v) is 10.4. The van der Waals surface area contributed by atoms with Gasteiger partial charge in [0.05, 0.1) is 0 Å². The SMILES string of the molecule is O=S(=O)(NCC1CCNC1)c1c(F)cccc1F. The molecule has 1 unspecified atom stereocenters. The van der Waals surface area contributed by atoms with Gasteiger partial charge in [-0.1, -0.05) is 6.07 Å². The molecule has 4 nitrogen and oxygen atoms in total. The lowest BCUT2D eigenvalue weighted by molar-refractivity contribution is 0.503. The van der Waals surface area contributed by atoms with Crippen LogP contribution in [0.5, 0.6) is 0 Å². The van der Waals surface area contributed by atoms with Crippen LogP contribution in [0.4, 0.5) is 8.78 Å². The van der Waals surface area contributed by atoms with Gasteiger partial charge in [0.1, 0.15) is 11.6 Å². The van der Waals surface area contributed by atoms with E-state index in [0.29, 0.717) is 6.54 Å². The average Bonchev–Trinajstić information content (AvgIpc) is 2.78. The molecule has 1 aliphatic rings. The molecule has 100 valence electrons. The molecule has 1 fully saturated rings. The van der Waals surface area contributed by atoms with Crippen molar-refractivity contribution in [2.24, 2.45) is 5.92 Å². The van der Waals surface area contributed by atoms with Crippen LogP contribution in [0.3, 0.4) is 0 Å². The van der Waals surface area contributed by atoms with Crippen LogP contribution in [0.25, 0.3) is 0 Å². The second-order valence-electron chi connectivity index (χ2n) is 4.26. The molecule has 2 rings (SSSR count). The first kappa shape index (κ1) is 13.4. The van der Waals surface area contributed by atoms with Crippen molar-refractivity contribution < 1.29 is 17.2 Å². The Hall–Kier alpha value is -1.05. The summed E-state index contributed by atoms with van der Waals surface area (Å²) < 4.78 is 52.6. The van der Waals surface area contributed by atoms with Crippen LogP contribution < -0.4 is 10.0 Å². The Morgan fingerprint density at radius 2 is 2.00 bits per heavy atom. The molecule has 1 saturated heterocycles. The summed E-state index contributed by atoms with van der Waals surface area (Å²) in [5.41, 5.74) is 0. The first-order chi connectivity index (χ1) is 8.50. The third-order valence-corrected chi connectivity index (χ3v) is 4.39. The van der Waals surface area contributed by atoms with Crippen molar-refractivity contribution in [2.75, 3.05) is 19.6 Å². The van der Waals surface area contributed by atoms with Crippen molar-refractivity contribution in [1.29, 1.82) is 0 Å². The van der Waals surface area contributed by atoms with E-state index in [4.69, 9.17) is 0 Å². The molecule has 0 saturated carbocycles. The molecule has 0 bridgehead atoms. The third kappa shape index (κ3) is 2.85. The second kappa shape index (κ2) is 5.29. The minimum atomic E-state index is -4.14. The normalized spacial score (nSPS) is 20.2. The number of nitrogens with one attached hydrogen (secondary N) is 2. The summed E-state index contributed by atoms with van der Waals surface area (Å²) in [7, 11) is -4.14. The summed E-state index contributed by atoms with van der Waals surface area (Å²) in [6, 6.07) is 2.98. The predicted octanol–water partition coefficient (Wildman–Crippen LogP) is 0.853. The second-order valence-corrected chi connectivity index (χ2v) is 5.97. The highest BCUT2D eigenvalue weighted by atomic mass is 32.2. The summed E-state index contributed by atoms with van der Waals surface area (Å²) in [6.45, 7) is 1.73. The van der Waals surface area contributed by atoms with Crippen molar-refractivity contribution in [3.05, 3.63) is 29.8 Å². The molecular formula is C11H14F2N2O2S. The number of hydrogen-bond acceptors (Lipinski definition) is 3. The summed E-state index contributed by atoms with van der Waals surface area (Å²) in [4.78, 5) is -0.907. The Bertz CT molecular complexity index is 508. The van der Waals surface area contributed by atoms with Gasteiger partial charge in [0.25, 0.3) is 0 Å². The zero-order chi connectivity index (χ0) is 13.2. The van der Waals surface area contributed by atoms with Crippen molar-refractivity contribution >= 4 is 10.0 Å². The van der Waals surface area contributed by atoms with Crippen molar-refractivity contribution in [3.63, 3.8) is 0 Å². The minimum Gasteiger partial charge on any atom is -0.316 e. The topological polar surface area (TPSA) is 58.2 Å². The fraction of sp³-hybridized carbons (Fsp3) is 0.455. The van der Waals surface area contributed by atoms with Gasteiger partial charge in [-0.2, -0.15) is 0 Å². The van der Waals surface area contributed by atoms with Crippen LogP contribution in [-0.4, -0.2) is 28.1 Å². The molecule has 1 aromatic carbocycles. The Balaban J connectivity index is 2.15. The molecule has 0 radical (unpaired) electrons. The molecule has 2 N–H and O–H groups in total. The smallest absolute Gasteiger partial charge is 0.246 e. The van der Waals surface area contributed by atoms with E-state index in [2.05, 4.69) is 10.0 Å². The first-order valence-corrected chi connectivity index (χ1v) is 7.13. The Morgan fingerprint density at radius 1 is 1.33 bits per heavy atom. The van der Waals surface area contributed by atoms with E-state index in [9.17, 15) is 17.2 Å². The predicted molar refractivity (Wildman–Crippen MR) is 62.5 cm³/mol. The van der Waals surface area contributed by atoms with E-state index in [-0.39, 0.29) is 12.5 Å². The highest BCUT2D eigenvalue weighted by molar-refractivity contribution is 7.89. The molecule has 7 heteroatoms. The van der Waals surface area contributed by atoms with E-state index >= 15 is 0 Å².